The SMILES string of the molecule is CC.COc1cc(Br)ccc1Cl. The van der Waals surface area contributed by atoms with Crippen molar-refractivity contribution < 1.29 is 4.74 Å². The predicted octanol–water partition coefficient (Wildman–Crippen LogP) is 4.14. The van der Waals surface area contributed by atoms with Gasteiger partial charge in [-0.1, -0.05) is 41.4 Å². The van der Waals surface area contributed by atoms with Crippen LogP contribution in [-0.2, 0) is 0 Å². The molecule has 0 spiro atoms. The lowest BCUT2D eigenvalue weighted by Gasteiger charge is -2.01. The summed E-state index contributed by atoms with van der Waals surface area (Å²) >= 11 is 9.05. The summed E-state index contributed by atoms with van der Waals surface area (Å²) in [4.78, 5) is 0. The molecule has 1 rings (SSSR count). The van der Waals surface area contributed by atoms with E-state index in [0.717, 1.165) is 4.47 Å². The van der Waals surface area contributed by atoms with E-state index in [4.69, 9.17) is 16.3 Å². The summed E-state index contributed by atoms with van der Waals surface area (Å²) in [6.07, 6.45) is 0. The second kappa shape index (κ2) is 6.32. The smallest absolute Gasteiger partial charge is 0.138 e. The summed E-state index contributed by atoms with van der Waals surface area (Å²) in [5, 5.41) is 0.630. The molecule has 68 valence electrons. The minimum Gasteiger partial charge on any atom is -0.495 e. The average Bonchev–Trinajstić information content (AvgIpc) is 2.13. The third kappa shape index (κ3) is 3.46. The molecule has 0 atom stereocenters. The first-order valence-electron chi connectivity index (χ1n) is 3.73. The number of rotatable bonds is 1. The molecule has 0 saturated heterocycles. The van der Waals surface area contributed by atoms with E-state index < -0.39 is 0 Å². The topological polar surface area (TPSA) is 9.23 Å². The lowest BCUT2D eigenvalue weighted by molar-refractivity contribution is 0.415. The van der Waals surface area contributed by atoms with Crippen molar-refractivity contribution >= 4 is 27.5 Å². The Labute approximate surface area is 86.8 Å². The number of ether oxygens (including phenoxy) is 1. The Morgan fingerprint density at radius 3 is 2.33 bits per heavy atom. The van der Waals surface area contributed by atoms with Crippen molar-refractivity contribution in [1.82, 2.24) is 0 Å². The Morgan fingerprint density at radius 1 is 1.33 bits per heavy atom. The molecule has 0 unspecified atom stereocenters. The minimum absolute atomic E-state index is 0.630. The van der Waals surface area contributed by atoms with Crippen molar-refractivity contribution in [3.63, 3.8) is 0 Å². The highest BCUT2D eigenvalue weighted by atomic mass is 79.9. The first-order valence-corrected chi connectivity index (χ1v) is 4.90. The number of halogens is 2. The molecule has 0 fully saturated rings. The zero-order valence-electron chi connectivity index (χ0n) is 7.40. The first-order chi connectivity index (χ1) is 5.74. The minimum atomic E-state index is 0.630. The third-order valence-corrected chi connectivity index (χ3v) is 1.92. The Morgan fingerprint density at radius 2 is 1.92 bits per heavy atom. The summed E-state index contributed by atoms with van der Waals surface area (Å²) in [6, 6.07) is 5.47. The Kier molecular flexibility index (Phi) is 6.21. The molecule has 12 heavy (non-hydrogen) atoms. The summed E-state index contributed by atoms with van der Waals surface area (Å²) < 4.78 is 5.93. The maximum absolute atomic E-state index is 5.75. The zero-order chi connectivity index (χ0) is 9.56. The van der Waals surface area contributed by atoms with Gasteiger partial charge in [0.15, 0.2) is 0 Å². The van der Waals surface area contributed by atoms with E-state index in [1.165, 1.54) is 0 Å². The van der Waals surface area contributed by atoms with Crippen molar-refractivity contribution in [3.8, 4) is 5.75 Å². The van der Waals surface area contributed by atoms with Crippen molar-refractivity contribution in [2.75, 3.05) is 7.11 Å². The van der Waals surface area contributed by atoms with Gasteiger partial charge in [0, 0.05) is 4.47 Å². The number of methoxy groups -OCH3 is 1. The van der Waals surface area contributed by atoms with Crippen molar-refractivity contribution in [1.29, 1.82) is 0 Å². The molecule has 0 aliphatic rings. The summed E-state index contributed by atoms with van der Waals surface area (Å²) in [6.45, 7) is 4.00. The molecule has 0 saturated carbocycles. The normalized spacial score (nSPS) is 8.42. The standard InChI is InChI=1S/C7H6BrClO.C2H6/c1-10-7-4-5(8)2-3-6(7)9;1-2/h2-4H,1H3;1-2H3. The molecule has 0 heterocycles. The lowest BCUT2D eigenvalue weighted by atomic mass is 10.3. The Hall–Kier alpha value is -0.210. The second-order valence-electron chi connectivity index (χ2n) is 1.78. The van der Waals surface area contributed by atoms with E-state index in [0.29, 0.717) is 10.8 Å². The molecule has 1 aromatic rings. The van der Waals surface area contributed by atoms with Crippen LogP contribution >= 0.6 is 27.5 Å². The number of benzene rings is 1. The van der Waals surface area contributed by atoms with Crippen LogP contribution in [0.3, 0.4) is 0 Å². The third-order valence-electron chi connectivity index (χ3n) is 1.11. The molecule has 1 aromatic carbocycles. The quantitative estimate of drug-likeness (QED) is 0.729. The fourth-order valence-electron chi connectivity index (χ4n) is 0.634. The highest BCUT2D eigenvalue weighted by Gasteiger charge is 1.98. The van der Waals surface area contributed by atoms with Gasteiger partial charge in [0.05, 0.1) is 12.1 Å². The van der Waals surface area contributed by atoms with Gasteiger partial charge < -0.3 is 4.74 Å². The molecule has 0 amide bonds. The van der Waals surface area contributed by atoms with Crippen molar-refractivity contribution in [2.24, 2.45) is 0 Å². The van der Waals surface area contributed by atoms with Crippen LogP contribution in [-0.4, -0.2) is 7.11 Å². The molecule has 1 nitrogen and oxygen atoms in total. The molecule has 0 aliphatic heterocycles. The summed E-state index contributed by atoms with van der Waals surface area (Å²) in [5.41, 5.74) is 0. The van der Waals surface area contributed by atoms with Gasteiger partial charge >= 0.3 is 0 Å². The van der Waals surface area contributed by atoms with Crippen LogP contribution in [0.5, 0.6) is 5.75 Å². The van der Waals surface area contributed by atoms with Gasteiger partial charge in [0.1, 0.15) is 5.75 Å². The van der Waals surface area contributed by atoms with E-state index in [1.807, 2.05) is 26.0 Å². The molecule has 0 aliphatic carbocycles. The monoisotopic (exact) mass is 250 g/mol. The van der Waals surface area contributed by atoms with Crippen LogP contribution in [0.2, 0.25) is 5.02 Å². The maximum Gasteiger partial charge on any atom is 0.138 e. The van der Waals surface area contributed by atoms with E-state index in [2.05, 4.69) is 15.9 Å². The van der Waals surface area contributed by atoms with Gasteiger partial charge in [-0.25, -0.2) is 0 Å². The van der Waals surface area contributed by atoms with Gasteiger partial charge in [-0.3, -0.25) is 0 Å². The number of hydrogen-bond donors (Lipinski definition) is 0. The van der Waals surface area contributed by atoms with Gasteiger partial charge in [-0.15, -0.1) is 0 Å². The summed E-state index contributed by atoms with van der Waals surface area (Å²) in [7, 11) is 1.59. The zero-order valence-corrected chi connectivity index (χ0v) is 9.74. The van der Waals surface area contributed by atoms with Gasteiger partial charge in [-0.2, -0.15) is 0 Å². The Bertz CT molecular complexity index is 238. The molecule has 0 aromatic heterocycles. The fraction of sp³-hybridized carbons (Fsp3) is 0.333. The van der Waals surface area contributed by atoms with Crippen LogP contribution in [0.25, 0.3) is 0 Å². The van der Waals surface area contributed by atoms with Crippen LogP contribution in [0.15, 0.2) is 22.7 Å². The van der Waals surface area contributed by atoms with Gasteiger partial charge in [0.2, 0.25) is 0 Å². The largest absolute Gasteiger partial charge is 0.495 e. The highest BCUT2D eigenvalue weighted by Crippen LogP contribution is 2.27. The van der Waals surface area contributed by atoms with E-state index in [9.17, 15) is 0 Å². The highest BCUT2D eigenvalue weighted by molar-refractivity contribution is 9.10. The molecule has 3 heteroatoms. The first kappa shape index (κ1) is 11.8. The lowest BCUT2D eigenvalue weighted by Crippen LogP contribution is -1.82. The number of hydrogen-bond acceptors (Lipinski definition) is 1. The van der Waals surface area contributed by atoms with Crippen LogP contribution < -0.4 is 4.74 Å². The van der Waals surface area contributed by atoms with Gasteiger partial charge in [-0.05, 0) is 18.2 Å². The molecule has 0 bridgehead atoms. The predicted molar refractivity (Wildman–Crippen MR) is 57.1 cm³/mol. The van der Waals surface area contributed by atoms with Crippen LogP contribution in [0.4, 0.5) is 0 Å². The van der Waals surface area contributed by atoms with Crippen LogP contribution in [0, 0.1) is 0 Å². The molecular weight excluding hydrogens is 239 g/mol. The van der Waals surface area contributed by atoms with E-state index >= 15 is 0 Å². The molecule has 0 N–H and O–H groups in total. The average molecular weight is 252 g/mol. The van der Waals surface area contributed by atoms with Crippen molar-refractivity contribution in [3.05, 3.63) is 27.7 Å². The van der Waals surface area contributed by atoms with Crippen LogP contribution in [0.1, 0.15) is 13.8 Å². The van der Waals surface area contributed by atoms with Gasteiger partial charge in [0.25, 0.3) is 0 Å². The maximum atomic E-state index is 5.75. The Balaban J connectivity index is 0.000000561. The summed E-state index contributed by atoms with van der Waals surface area (Å²) in [5.74, 6) is 0.691. The second-order valence-corrected chi connectivity index (χ2v) is 3.10. The van der Waals surface area contributed by atoms with Crippen molar-refractivity contribution in [2.45, 2.75) is 13.8 Å². The van der Waals surface area contributed by atoms with E-state index in [-0.39, 0.29) is 0 Å². The molecular formula is C9H12BrClO. The van der Waals surface area contributed by atoms with E-state index in [1.54, 1.807) is 13.2 Å². The fourth-order valence-corrected chi connectivity index (χ4v) is 1.17. The molecule has 0 radical (unpaired) electrons.